The Morgan fingerprint density at radius 1 is 1.10 bits per heavy atom. The number of halogens is 2. The maximum absolute atomic E-state index is 13.7. The number of aromatic nitrogens is 4. The Hall–Kier alpha value is -3.88. The van der Waals surface area contributed by atoms with Gasteiger partial charge >= 0.3 is 0 Å². The Bertz CT molecular complexity index is 1310. The molecule has 0 radical (unpaired) electrons. The fourth-order valence-electron chi connectivity index (χ4n) is 3.32. The van der Waals surface area contributed by atoms with Crippen LogP contribution in [-0.2, 0) is 13.1 Å². The molecule has 31 heavy (non-hydrogen) atoms. The number of carbonyl (C=O) groups excluding carboxylic acids is 1. The van der Waals surface area contributed by atoms with Gasteiger partial charge in [0.05, 0.1) is 19.3 Å². The van der Waals surface area contributed by atoms with Gasteiger partial charge in [0.2, 0.25) is 0 Å². The lowest BCUT2D eigenvalue weighted by atomic mass is 10.1. The summed E-state index contributed by atoms with van der Waals surface area (Å²) in [6.45, 7) is 2.60. The molecule has 0 atom stereocenters. The molecule has 4 aromatic rings. The minimum Gasteiger partial charge on any atom is -0.350 e. The van der Waals surface area contributed by atoms with Crippen LogP contribution < -0.4 is 10.9 Å². The van der Waals surface area contributed by atoms with E-state index < -0.39 is 23.1 Å². The van der Waals surface area contributed by atoms with Crippen LogP contribution in [0.25, 0.3) is 11.0 Å². The van der Waals surface area contributed by atoms with Gasteiger partial charge in [-0.05, 0) is 30.2 Å². The summed E-state index contributed by atoms with van der Waals surface area (Å²) < 4.78 is 30.4. The molecule has 2 aromatic carbocycles. The topological polar surface area (TPSA) is 81.8 Å². The van der Waals surface area contributed by atoms with Crippen molar-refractivity contribution in [3.05, 3.63) is 93.7 Å². The zero-order chi connectivity index (χ0) is 22.0. The fraction of sp³-hybridized carbons (Fsp3) is 0.182. The zero-order valence-corrected chi connectivity index (χ0v) is 16.7. The van der Waals surface area contributed by atoms with E-state index in [9.17, 15) is 18.4 Å². The molecule has 0 aliphatic heterocycles. The number of carbonyl (C=O) groups is 1. The van der Waals surface area contributed by atoms with Crippen molar-refractivity contribution in [3.8, 4) is 0 Å². The molecule has 0 spiro atoms. The standard InChI is InChI=1S/C22H19F2N5O2/c1-14-5-2-3-6-15(14)12-28-13-26-20-16(22(28)31)11-27-29(20)10-9-25-21(30)19-17(23)7-4-8-18(19)24/h2-8,11,13H,9-10,12H2,1H3,(H,25,30). The van der Waals surface area contributed by atoms with Gasteiger partial charge in [0.15, 0.2) is 5.65 Å². The van der Waals surface area contributed by atoms with Crippen molar-refractivity contribution < 1.29 is 13.6 Å². The first-order chi connectivity index (χ1) is 15.0. The highest BCUT2D eigenvalue weighted by Crippen LogP contribution is 2.12. The van der Waals surface area contributed by atoms with Crippen LogP contribution >= 0.6 is 0 Å². The van der Waals surface area contributed by atoms with E-state index in [2.05, 4.69) is 15.4 Å². The summed E-state index contributed by atoms with van der Waals surface area (Å²) in [6, 6.07) is 11.0. The lowest BCUT2D eigenvalue weighted by Gasteiger charge is -2.09. The van der Waals surface area contributed by atoms with E-state index in [-0.39, 0.29) is 18.6 Å². The smallest absolute Gasteiger partial charge is 0.264 e. The quantitative estimate of drug-likeness (QED) is 0.517. The zero-order valence-electron chi connectivity index (χ0n) is 16.7. The van der Waals surface area contributed by atoms with E-state index in [0.29, 0.717) is 17.6 Å². The highest BCUT2D eigenvalue weighted by Gasteiger charge is 2.17. The first-order valence-corrected chi connectivity index (χ1v) is 9.63. The van der Waals surface area contributed by atoms with Crippen molar-refractivity contribution in [2.75, 3.05) is 6.54 Å². The predicted molar refractivity (Wildman–Crippen MR) is 111 cm³/mol. The van der Waals surface area contributed by atoms with Crippen molar-refractivity contribution >= 4 is 16.9 Å². The fourth-order valence-corrected chi connectivity index (χ4v) is 3.32. The predicted octanol–water partition coefficient (Wildman–Crippen LogP) is 2.66. The third-order valence-corrected chi connectivity index (χ3v) is 5.02. The first-order valence-electron chi connectivity index (χ1n) is 9.63. The molecule has 0 aliphatic rings. The van der Waals surface area contributed by atoms with Crippen LogP contribution in [0, 0.1) is 18.6 Å². The van der Waals surface area contributed by atoms with Gasteiger partial charge < -0.3 is 5.32 Å². The van der Waals surface area contributed by atoms with E-state index in [1.807, 2.05) is 31.2 Å². The summed E-state index contributed by atoms with van der Waals surface area (Å²) in [5.74, 6) is -2.73. The van der Waals surface area contributed by atoms with Crippen LogP contribution in [-0.4, -0.2) is 31.8 Å². The van der Waals surface area contributed by atoms with E-state index in [1.165, 1.54) is 27.8 Å². The molecule has 2 heterocycles. The largest absolute Gasteiger partial charge is 0.350 e. The number of hydrogen-bond donors (Lipinski definition) is 1. The molecule has 0 aliphatic carbocycles. The summed E-state index contributed by atoms with van der Waals surface area (Å²) in [7, 11) is 0. The molecule has 2 aromatic heterocycles. The third-order valence-electron chi connectivity index (χ3n) is 5.02. The molecule has 158 valence electrons. The Morgan fingerprint density at radius 2 is 1.84 bits per heavy atom. The maximum Gasteiger partial charge on any atom is 0.264 e. The monoisotopic (exact) mass is 423 g/mol. The number of hydrogen-bond acceptors (Lipinski definition) is 4. The van der Waals surface area contributed by atoms with Gasteiger partial charge in [0.25, 0.3) is 11.5 Å². The summed E-state index contributed by atoms with van der Waals surface area (Å²) in [5, 5.41) is 6.98. The second-order valence-corrected chi connectivity index (χ2v) is 7.06. The minimum atomic E-state index is -0.932. The van der Waals surface area contributed by atoms with Crippen molar-refractivity contribution in [3.63, 3.8) is 0 Å². The van der Waals surface area contributed by atoms with Crippen LogP contribution in [0.1, 0.15) is 21.5 Å². The highest BCUT2D eigenvalue weighted by atomic mass is 19.1. The van der Waals surface area contributed by atoms with Crippen LogP contribution in [0.4, 0.5) is 8.78 Å². The van der Waals surface area contributed by atoms with Gasteiger partial charge in [0, 0.05) is 6.54 Å². The number of nitrogens with zero attached hydrogens (tertiary/aromatic N) is 4. The normalized spacial score (nSPS) is 11.1. The number of amides is 1. The molecule has 0 fully saturated rings. The summed E-state index contributed by atoms with van der Waals surface area (Å²) in [6.07, 6.45) is 2.89. The van der Waals surface area contributed by atoms with Gasteiger partial charge in [-0.15, -0.1) is 0 Å². The SMILES string of the molecule is Cc1ccccc1Cn1cnc2c(cnn2CCNC(=O)c2c(F)cccc2F)c1=O. The Morgan fingerprint density at radius 3 is 2.58 bits per heavy atom. The average Bonchev–Trinajstić information content (AvgIpc) is 3.15. The number of rotatable bonds is 6. The van der Waals surface area contributed by atoms with Crippen LogP contribution in [0.3, 0.4) is 0 Å². The van der Waals surface area contributed by atoms with Crippen molar-refractivity contribution in [2.24, 2.45) is 0 Å². The summed E-state index contributed by atoms with van der Waals surface area (Å²) in [4.78, 5) is 29.2. The molecular formula is C22H19F2N5O2. The second kappa shape index (κ2) is 8.47. The third kappa shape index (κ3) is 4.07. The second-order valence-electron chi connectivity index (χ2n) is 7.06. The van der Waals surface area contributed by atoms with Gasteiger partial charge in [-0.3, -0.25) is 14.2 Å². The first kappa shape index (κ1) is 20.4. The van der Waals surface area contributed by atoms with E-state index >= 15 is 0 Å². The van der Waals surface area contributed by atoms with Gasteiger partial charge in [-0.25, -0.2) is 18.4 Å². The van der Waals surface area contributed by atoms with Crippen LogP contribution in [0.15, 0.2) is 59.8 Å². The Labute approximate surface area is 176 Å². The van der Waals surface area contributed by atoms with Gasteiger partial charge in [0.1, 0.15) is 28.9 Å². The molecule has 0 unspecified atom stereocenters. The average molecular weight is 423 g/mol. The van der Waals surface area contributed by atoms with Crippen molar-refractivity contribution in [2.45, 2.75) is 20.0 Å². The van der Waals surface area contributed by atoms with Crippen LogP contribution in [0.5, 0.6) is 0 Å². The molecule has 0 saturated carbocycles. The van der Waals surface area contributed by atoms with Gasteiger partial charge in [-0.2, -0.15) is 5.10 Å². The molecular weight excluding hydrogens is 404 g/mol. The number of benzene rings is 2. The van der Waals surface area contributed by atoms with E-state index in [4.69, 9.17) is 0 Å². The summed E-state index contributed by atoms with van der Waals surface area (Å²) in [5.41, 5.74) is 1.60. The lowest BCUT2D eigenvalue weighted by molar-refractivity contribution is 0.0943. The van der Waals surface area contributed by atoms with Crippen LogP contribution in [0.2, 0.25) is 0 Å². The molecule has 0 bridgehead atoms. The molecule has 0 saturated heterocycles. The van der Waals surface area contributed by atoms with Gasteiger partial charge in [-0.1, -0.05) is 30.3 Å². The highest BCUT2D eigenvalue weighted by molar-refractivity contribution is 5.94. The minimum absolute atomic E-state index is 0.0529. The molecule has 9 heteroatoms. The Balaban J connectivity index is 1.48. The molecule has 1 N–H and O–H groups in total. The number of fused-ring (bicyclic) bond motifs is 1. The maximum atomic E-state index is 13.7. The molecule has 7 nitrogen and oxygen atoms in total. The molecule has 1 amide bonds. The van der Waals surface area contributed by atoms with E-state index in [0.717, 1.165) is 23.3 Å². The molecule has 4 rings (SSSR count). The van der Waals surface area contributed by atoms with Crippen molar-refractivity contribution in [1.29, 1.82) is 0 Å². The van der Waals surface area contributed by atoms with E-state index in [1.54, 1.807) is 0 Å². The lowest BCUT2D eigenvalue weighted by Crippen LogP contribution is -2.29. The number of nitrogens with one attached hydrogen (secondary N) is 1. The van der Waals surface area contributed by atoms with Crippen molar-refractivity contribution in [1.82, 2.24) is 24.6 Å². The number of aryl methyl sites for hydroxylation is 1. The Kier molecular flexibility index (Phi) is 5.57. The summed E-state index contributed by atoms with van der Waals surface area (Å²) >= 11 is 0.